The van der Waals surface area contributed by atoms with Gasteiger partial charge in [-0.1, -0.05) is 0 Å². The molecule has 0 bridgehead atoms. The molecule has 18 heavy (non-hydrogen) atoms. The number of carboxylic acid groups (broad SMARTS) is 1. The normalized spacial score (nSPS) is 11.1. The second kappa shape index (κ2) is 6.35. The topological polar surface area (TPSA) is 57.6 Å². The lowest BCUT2D eigenvalue weighted by atomic mass is 10.2. The molecular formula is C13H17NO3S. The van der Waals surface area contributed by atoms with Gasteiger partial charge in [0.05, 0.1) is 5.56 Å². The molecule has 1 N–H and O–H groups in total. The lowest BCUT2D eigenvalue weighted by Gasteiger charge is -2.24. The van der Waals surface area contributed by atoms with Crippen LogP contribution < -0.4 is 0 Å². The summed E-state index contributed by atoms with van der Waals surface area (Å²) in [6, 6.07) is 1.87. The Labute approximate surface area is 111 Å². The molecule has 0 aliphatic carbocycles. The number of nitrogens with zero attached hydrogens (tertiary/aromatic N) is 1. The van der Waals surface area contributed by atoms with E-state index < -0.39 is 5.97 Å². The van der Waals surface area contributed by atoms with Crippen LogP contribution in [0.2, 0.25) is 0 Å². The molecule has 1 aromatic rings. The molecule has 0 fully saturated rings. The summed E-state index contributed by atoms with van der Waals surface area (Å²) in [5, 5.41) is 10.3. The van der Waals surface area contributed by atoms with E-state index >= 15 is 0 Å². The van der Waals surface area contributed by atoms with Crippen molar-refractivity contribution >= 4 is 29.3 Å². The van der Waals surface area contributed by atoms with E-state index in [4.69, 9.17) is 5.11 Å². The second-order valence-electron chi connectivity index (χ2n) is 4.09. The Morgan fingerprint density at radius 3 is 2.67 bits per heavy atom. The van der Waals surface area contributed by atoms with Gasteiger partial charge in [0.15, 0.2) is 0 Å². The molecule has 0 radical (unpaired) electrons. The maximum absolute atomic E-state index is 12.2. The van der Waals surface area contributed by atoms with Gasteiger partial charge in [0.25, 0.3) is 5.91 Å². The van der Waals surface area contributed by atoms with Crippen LogP contribution in [0.3, 0.4) is 0 Å². The Morgan fingerprint density at radius 2 is 2.17 bits per heavy atom. The largest absolute Gasteiger partial charge is 0.478 e. The highest BCUT2D eigenvalue weighted by Crippen LogP contribution is 2.18. The van der Waals surface area contributed by atoms with Crippen LogP contribution in [0.25, 0.3) is 6.08 Å². The summed E-state index contributed by atoms with van der Waals surface area (Å²) in [7, 11) is 0. The summed E-state index contributed by atoms with van der Waals surface area (Å²) in [6.07, 6.45) is 2.57. The number of hydrogen-bond donors (Lipinski definition) is 1. The number of carboxylic acids is 1. The average Bonchev–Trinajstić information content (AvgIpc) is 2.75. The summed E-state index contributed by atoms with van der Waals surface area (Å²) >= 11 is 1.36. The molecule has 0 aliphatic rings. The first-order valence-corrected chi connectivity index (χ1v) is 6.64. The van der Waals surface area contributed by atoms with E-state index in [1.807, 2.05) is 20.8 Å². The molecule has 98 valence electrons. The van der Waals surface area contributed by atoms with Crippen molar-refractivity contribution in [3.63, 3.8) is 0 Å². The van der Waals surface area contributed by atoms with Crippen molar-refractivity contribution < 1.29 is 14.7 Å². The van der Waals surface area contributed by atoms with Gasteiger partial charge >= 0.3 is 5.97 Å². The highest BCUT2D eigenvalue weighted by molar-refractivity contribution is 7.11. The van der Waals surface area contributed by atoms with Gasteiger partial charge in [-0.3, -0.25) is 4.79 Å². The van der Waals surface area contributed by atoms with Gasteiger partial charge in [-0.25, -0.2) is 4.79 Å². The van der Waals surface area contributed by atoms with E-state index in [0.29, 0.717) is 12.1 Å². The predicted octanol–water partition coefficient (Wildman–Crippen LogP) is 2.72. The minimum absolute atomic E-state index is 0.0151. The van der Waals surface area contributed by atoms with Crippen molar-refractivity contribution in [3.05, 3.63) is 28.0 Å². The fourth-order valence-corrected chi connectivity index (χ4v) is 2.39. The maximum Gasteiger partial charge on any atom is 0.328 e. The molecule has 0 atom stereocenters. The third-order valence-corrected chi connectivity index (χ3v) is 3.38. The number of aliphatic carboxylic acids is 1. The third kappa shape index (κ3) is 3.70. The van der Waals surface area contributed by atoms with Gasteiger partial charge in [0.1, 0.15) is 0 Å². The lowest BCUT2D eigenvalue weighted by Crippen LogP contribution is -2.36. The molecule has 0 aromatic carbocycles. The Kier molecular flexibility index (Phi) is 5.09. The summed E-state index contributed by atoms with van der Waals surface area (Å²) in [4.78, 5) is 25.1. The maximum atomic E-state index is 12.2. The first-order chi connectivity index (χ1) is 8.45. The van der Waals surface area contributed by atoms with Crippen molar-refractivity contribution in [1.29, 1.82) is 0 Å². The van der Waals surface area contributed by atoms with Crippen LogP contribution in [0.4, 0.5) is 0 Å². The van der Waals surface area contributed by atoms with Crippen molar-refractivity contribution in [2.24, 2.45) is 0 Å². The van der Waals surface area contributed by atoms with Crippen LogP contribution in [0.15, 0.2) is 17.5 Å². The Hall–Kier alpha value is -1.62. The molecule has 0 saturated carbocycles. The number of carbonyl (C=O) groups is 2. The zero-order chi connectivity index (χ0) is 13.7. The van der Waals surface area contributed by atoms with Gasteiger partial charge in [0, 0.05) is 28.9 Å². The minimum atomic E-state index is -0.992. The zero-order valence-corrected chi connectivity index (χ0v) is 11.5. The van der Waals surface area contributed by atoms with Gasteiger partial charge in [-0.2, -0.15) is 0 Å². The number of hydrogen-bond acceptors (Lipinski definition) is 3. The van der Waals surface area contributed by atoms with Gasteiger partial charge in [-0.15, -0.1) is 11.3 Å². The van der Waals surface area contributed by atoms with Crippen LogP contribution in [0.1, 0.15) is 36.0 Å². The van der Waals surface area contributed by atoms with Crippen molar-refractivity contribution in [2.45, 2.75) is 26.8 Å². The van der Waals surface area contributed by atoms with Crippen LogP contribution in [-0.2, 0) is 4.79 Å². The monoisotopic (exact) mass is 267 g/mol. The first-order valence-electron chi connectivity index (χ1n) is 5.76. The van der Waals surface area contributed by atoms with Gasteiger partial charge in [-0.05, 0) is 32.9 Å². The second-order valence-corrected chi connectivity index (χ2v) is 5.04. The van der Waals surface area contributed by atoms with Crippen molar-refractivity contribution in [2.75, 3.05) is 6.54 Å². The highest BCUT2D eigenvalue weighted by atomic mass is 32.1. The van der Waals surface area contributed by atoms with Crippen LogP contribution in [0.5, 0.6) is 0 Å². The fraction of sp³-hybridized carbons (Fsp3) is 0.385. The third-order valence-electron chi connectivity index (χ3n) is 2.48. The summed E-state index contributed by atoms with van der Waals surface area (Å²) in [6.45, 7) is 6.54. The highest BCUT2D eigenvalue weighted by Gasteiger charge is 2.17. The fourth-order valence-electron chi connectivity index (χ4n) is 1.61. The number of carbonyl (C=O) groups excluding carboxylic acids is 1. The van der Waals surface area contributed by atoms with E-state index in [1.54, 1.807) is 16.3 Å². The Bertz CT molecular complexity index is 463. The molecule has 1 heterocycles. The number of amides is 1. The molecule has 0 spiro atoms. The van der Waals surface area contributed by atoms with Gasteiger partial charge in [0.2, 0.25) is 0 Å². The molecule has 1 amide bonds. The van der Waals surface area contributed by atoms with Crippen molar-refractivity contribution in [3.8, 4) is 0 Å². The predicted molar refractivity (Wildman–Crippen MR) is 72.8 cm³/mol. The molecule has 0 saturated heterocycles. The van der Waals surface area contributed by atoms with E-state index in [-0.39, 0.29) is 11.9 Å². The molecule has 1 aromatic heterocycles. The summed E-state index contributed by atoms with van der Waals surface area (Å²) in [5.74, 6) is -1.01. The van der Waals surface area contributed by atoms with E-state index in [1.165, 1.54) is 17.4 Å². The number of thiophene rings is 1. The molecule has 0 aliphatic heterocycles. The summed E-state index contributed by atoms with van der Waals surface area (Å²) in [5.41, 5.74) is 0.612. The Morgan fingerprint density at radius 1 is 1.50 bits per heavy atom. The molecule has 1 rings (SSSR count). The molecule has 0 unspecified atom stereocenters. The number of rotatable bonds is 5. The SMILES string of the molecule is CCN(C(=O)c1csc(C=CC(=O)O)c1)C(C)C. The first kappa shape index (κ1) is 14.4. The van der Waals surface area contributed by atoms with Crippen molar-refractivity contribution in [1.82, 2.24) is 4.90 Å². The molecule has 4 nitrogen and oxygen atoms in total. The van der Waals surface area contributed by atoms with E-state index in [0.717, 1.165) is 11.0 Å². The molecular weight excluding hydrogens is 250 g/mol. The smallest absolute Gasteiger partial charge is 0.328 e. The Balaban J connectivity index is 2.85. The summed E-state index contributed by atoms with van der Waals surface area (Å²) < 4.78 is 0. The minimum Gasteiger partial charge on any atom is -0.478 e. The van der Waals surface area contributed by atoms with Gasteiger partial charge < -0.3 is 10.0 Å². The van der Waals surface area contributed by atoms with E-state index in [2.05, 4.69) is 0 Å². The molecule has 5 heteroatoms. The van der Waals surface area contributed by atoms with Crippen LogP contribution in [-0.4, -0.2) is 34.5 Å². The zero-order valence-electron chi connectivity index (χ0n) is 10.7. The van der Waals surface area contributed by atoms with E-state index in [9.17, 15) is 9.59 Å². The van der Waals surface area contributed by atoms with Crippen LogP contribution in [0, 0.1) is 0 Å². The van der Waals surface area contributed by atoms with Crippen LogP contribution >= 0.6 is 11.3 Å². The lowest BCUT2D eigenvalue weighted by molar-refractivity contribution is -0.131. The average molecular weight is 267 g/mol. The quantitative estimate of drug-likeness (QED) is 0.834. The standard InChI is InChI=1S/C13H17NO3S/c1-4-14(9(2)3)13(17)10-7-11(18-8-10)5-6-12(15)16/h5-9H,4H2,1-3H3,(H,15,16).